The summed E-state index contributed by atoms with van der Waals surface area (Å²) in [6, 6.07) is 0. The molecule has 3 aromatic heterocycles. The van der Waals surface area contributed by atoms with Crippen LogP contribution in [0.3, 0.4) is 0 Å². The molecule has 0 aliphatic rings. The number of ether oxygens (including phenoxy) is 1. The minimum absolute atomic E-state index is 0.323. The van der Waals surface area contributed by atoms with E-state index in [-0.39, 0.29) is 5.91 Å². The van der Waals surface area contributed by atoms with Crippen LogP contribution in [0.2, 0.25) is 0 Å². The van der Waals surface area contributed by atoms with E-state index in [1.54, 1.807) is 11.5 Å². The molecule has 0 saturated carbocycles. The topological polar surface area (TPSA) is 118 Å². The number of thiazole rings is 1. The van der Waals surface area contributed by atoms with Crippen LogP contribution < -0.4 is 5.32 Å². The molecule has 9 nitrogen and oxygen atoms in total. The number of aromatic amines is 2. The molecule has 3 heterocycles. The zero-order chi connectivity index (χ0) is 20.4. The smallest absolute Gasteiger partial charge is 0.339 e. The predicted octanol–water partition coefficient (Wildman–Crippen LogP) is 2.76. The Morgan fingerprint density at radius 1 is 1.43 bits per heavy atom. The Hall–Kier alpha value is -2.79. The monoisotopic (exact) mass is 420 g/mol. The number of hydrogen-bond donors (Lipinski definition) is 3. The lowest BCUT2D eigenvalue weighted by Crippen LogP contribution is -2.14. The Morgan fingerprint density at radius 2 is 2.18 bits per heavy atom. The summed E-state index contributed by atoms with van der Waals surface area (Å²) in [6.45, 7) is 3.61. The standard InChI is InChI=1S/C17H20N6O3S2/c1-5-10-12(15(25)26-4)8(2)13(19-10)14(24)20-16-18-9(7-28-16)6-11-21-22-17(27)23(11)3/h7,19H,5-6H2,1-4H3,(H,22,27)(H,18,20,24). The van der Waals surface area contributed by atoms with Crippen LogP contribution in [0.5, 0.6) is 0 Å². The van der Waals surface area contributed by atoms with Crippen molar-refractivity contribution in [3.05, 3.63) is 44.2 Å². The number of nitrogens with zero attached hydrogens (tertiary/aromatic N) is 3. The molecule has 0 aliphatic heterocycles. The predicted molar refractivity (Wildman–Crippen MR) is 108 cm³/mol. The Morgan fingerprint density at radius 3 is 2.79 bits per heavy atom. The van der Waals surface area contributed by atoms with Gasteiger partial charge in [-0.05, 0) is 31.1 Å². The minimum Gasteiger partial charge on any atom is -0.465 e. The molecule has 0 bridgehead atoms. The number of hydrogen-bond acceptors (Lipinski definition) is 7. The second-order valence-electron chi connectivity index (χ2n) is 6.10. The first-order valence-electron chi connectivity index (χ1n) is 8.51. The lowest BCUT2D eigenvalue weighted by Gasteiger charge is -2.02. The average Bonchev–Trinajstić information content (AvgIpc) is 3.35. The van der Waals surface area contributed by atoms with E-state index in [4.69, 9.17) is 17.0 Å². The van der Waals surface area contributed by atoms with Crippen molar-refractivity contribution in [1.29, 1.82) is 0 Å². The number of esters is 1. The lowest BCUT2D eigenvalue weighted by molar-refractivity contribution is 0.0599. The maximum Gasteiger partial charge on any atom is 0.339 e. The second kappa shape index (κ2) is 8.07. The van der Waals surface area contributed by atoms with Gasteiger partial charge in [0.2, 0.25) is 0 Å². The summed E-state index contributed by atoms with van der Waals surface area (Å²) >= 11 is 6.42. The minimum atomic E-state index is -0.464. The summed E-state index contributed by atoms with van der Waals surface area (Å²) < 4.78 is 7.13. The van der Waals surface area contributed by atoms with E-state index in [0.717, 1.165) is 11.5 Å². The third-order valence-corrected chi connectivity index (χ3v) is 5.55. The van der Waals surface area contributed by atoms with Crippen LogP contribution >= 0.6 is 23.6 Å². The quantitative estimate of drug-likeness (QED) is 0.417. The van der Waals surface area contributed by atoms with Gasteiger partial charge < -0.3 is 14.3 Å². The summed E-state index contributed by atoms with van der Waals surface area (Å²) in [5, 5.41) is 12.0. The number of nitrogens with one attached hydrogen (secondary N) is 3. The van der Waals surface area contributed by atoms with E-state index in [9.17, 15) is 9.59 Å². The van der Waals surface area contributed by atoms with Gasteiger partial charge in [0, 0.05) is 18.1 Å². The summed E-state index contributed by atoms with van der Waals surface area (Å²) in [5.74, 6) is -0.0701. The van der Waals surface area contributed by atoms with Crippen molar-refractivity contribution < 1.29 is 14.3 Å². The number of rotatable bonds is 6. The van der Waals surface area contributed by atoms with Gasteiger partial charge >= 0.3 is 5.97 Å². The van der Waals surface area contributed by atoms with Crippen molar-refractivity contribution in [3.8, 4) is 0 Å². The molecule has 0 aromatic carbocycles. The summed E-state index contributed by atoms with van der Waals surface area (Å²) in [6.07, 6.45) is 1.06. The van der Waals surface area contributed by atoms with E-state index in [0.29, 0.717) is 45.3 Å². The van der Waals surface area contributed by atoms with Crippen LogP contribution in [-0.2, 0) is 24.6 Å². The van der Waals surface area contributed by atoms with Crippen LogP contribution in [0.25, 0.3) is 0 Å². The number of anilines is 1. The van der Waals surface area contributed by atoms with Gasteiger partial charge in [-0.3, -0.25) is 15.2 Å². The Labute approximate surface area is 170 Å². The van der Waals surface area contributed by atoms with Crippen molar-refractivity contribution in [2.45, 2.75) is 26.7 Å². The Bertz CT molecular complexity index is 1090. The van der Waals surface area contributed by atoms with Crippen molar-refractivity contribution in [2.24, 2.45) is 7.05 Å². The molecule has 3 aromatic rings. The third kappa shape index (κ3) is 3.76. The molecule has 148 valence electrons. The molecule has 0 saturated heterocycles. The molecular weight excluding hydrogens is 400 g/mol. The second-order valence-corrected chi connectivity index (χ2v) is 7.35. The normalized spacial score (nSPS) is 10.9. The van der Waals surface area contributed by atoms with Crippen molar-refractivity contribution in [3.63, 3.8) is 0 Å². The largest absolute Gasteiger partial charge is 0.465 e. The molecule has 11 heteroatoms. The fourth-order valence-electron chi connectivity index (χ4n) is 2.83. The maximum absolute atomic E-state index is 12.7. The Balaban J connectivity index is 1.78. The van der Waals surface area contributed by atoms with Gasteiger partial charge in [-0.15, -0.1) is 11.3 Å². The molecule has 3 N–H and O–H groups in total. The van der Waals surface area contributed by atoms with Gasteiger partial charge in [0.25, 0.3) is 5.91 Å². The van der Waals surface area contributed by atoms with Crippen LogP contribution in [-0.4, -0.2) is 43.7 Å². The molecule has 0 fully saturated rings. The molecule has 0 unspecified atom stereocenters. The van der Waals surface area contributed by atoms with Gasteiger partial charge in [-0.25, -0.2) is 9.78 Å². The SMILES string of the molecule is CCc1[nH]c(C(=O)Nc2nc(Cc3n[nH]c(=S)n3C)cs2)c(C)c1C(=O)OC. The van der Waals surface area contributed by atoms with E-state index in [1.807, 2.05) is 19.4 Å². The van der Waals surface area contributed by atoms with Crippen LogP contribution in [0, 0.1) is 11.7 Å². The first-order valence-corrected chi connectivity index (χ1v) is 9.80. The first-order chi connectivity index (χ1) is 13.3. The van der Waals surface area contributed by atoms with Gasteiger partial charge in [0.1, 0.15) is 11.5 Å². The van der Waals surface area contributed by atoms with E-state index in [2.05, 4.69) is 25.5 Å². The van der Waals surface area contributed by atoms with E-state index in [1.165, 1.54) is 18.4 Å². The average molecular weight is 421 g/mol. The van der Waals surface area contributed by atoms with Gasteiger partial charge in [0.15, 0.2) is 9.90 Å². The Kier molecular flexibility index (Phi) is 5.75. The van der Waals surface area contributed by atoms with Gasteiger partial charge in [-0.2, -0.15) is 5.10 Å². The third-order valence-electron chi connectivity index (χ3n) is 4.38. The summed E-state index contributed by atoms with van der Waals surface area (Å²) in [5.41, 5.74) is 2.72. The molecule has 0 atom stereocenters. The number of methoxy groups -OCH3 is 1. The van der Waals surface area contributed by atoms with E-state index >= 15 is 0 Å². The molecule has 0 spiro atoms. The maximum atomic E-state index is 12.7. The fraction of sp³-hybridized carbons (Fsp3) is 0.353. The first kappa shape index (κ1) is 20.0. The van der Waals surface area contributed by atoms with Crippen LogP contribution in [0.4, 0.5) is 5.13 Å². The summed E-state index contributed by atoms with van der Waals surface area (Å²) in [7, 11) is 3.15. The molecular formula is C17H20N6O3S2. The number of carbonyl (C=O) groups is 2. The van der Waals surface area contributed by atoms with Crippen LogP contribution in [0.1, 0.15) is 50.5 Å². The van der Waals surface area contributed by atoms with Gasteiger partial charge in [0.05, 0.1) is 24.8 Å². The number of aryl methyl sites for hydroxylation is 1. The van der Waals surface area contributed by atoms with Crippen LogP contribution in [0.15, 0.2) is 5.38 Å². The van der Waals surface area contributed by atoms with Gasteiger partial charge in [-0.1, -0.05) is 6.92 Å². The number of aromatic nitrogens is 5. The molecule has 0 radical (unpaired) electrons. The highest BCUT2D eigenvalue weighted by molar-refractivity contribution is 7.71. The highest BCUT2D eigenvalue weighted by Crippen LogP contribution is 2.23. The number of amides is 1. The molecule has 1 amide bonds. The zero-order valence-electron chi connectivity index (χ0n) is 15.9. The number of H-pyrrole nitrogens is 2. The van der Waals surface area contributed by atoms with Crippen molar-refractivity contribution in [1.82, 2.24) is 24.7 Å². The highest BCUT2D eigenvalue weighted by atomic mass is 32.1. The van der Waals surface area contributed by atoms with Crippen molar-refractivity contribution >= 4 is 40.6 Å². The lowest BCUT2D eigenvalue weighted by atomic mass is 10.1. The van der Waals surface area contributed by atoms with E-state index < -0.39 is 5.97 Å². The zero-order valence-corrected chi connectivity index (χ0v) is 17.5. The summed E-state index contributed by atoms with van der Waals surface area (Å²) in [4.78, 5) is 32.2. The molecule has 28 heavy (non-hydrogen) atoms. The molecule has 3 rings (SSSR count). The van der Waals surface area contributed by atoms with Crippen molar-refractivity contribution in [2.75, 3.05) is 12.4 Å². The molecule has 0 aliphatic carbocycles. The number of carbonyl (C=O) groups excluding carboxylic acids is 2. The highest BCUT2D eigenvalue weighted by Gasteiger charge is 2.24. The fourth-order valence-corrected chi connectivity index (χ4v) is 3.69.